The van der Waals surface area contributed by atoms with Gasteiger partial charge in [-0.15, -0.1) is 0 Å². The standard InChI is InChI=1S/C37H43N3O8/c1-24-32(25-12-6-3-7-13-25)47-36(45)30-28-19-20-37(48-28)31(30)34(43)40(22-10-5-11-23-41)33(37)35(44)39(21-9-4-8-14-29(42)38-24)26-15-17-27(46-2)18-16-26/h3-4,6-7,9,12-13,15-20,24,28,30-33,41H,5,8,10-11,14,21-23H2,1-2H3,(H,38,42)/b9-4-/t24-,28+,30-,31-,32+,33+,37-/m1/s1. The Labute approximate surface area is 280 Å². The van der Waals surface area contributed by atoms with Crippen LogP contribution >= 0.6 is 0 Å². The Morgan fingerprint density at radius 1 is 0.979 bits per heavy atom. The monoisotopic (exact) mass is 657 g/mol. The highest BCUT2D eigenvalue weighted by atomic mass is 16.6. The zero-order valence-electron chi connectivity index (χ0n) is 27.3. The second-order valence-electron chi connectivity index (χ2n) is 12.8. The van der Waals surface area contributed by atoms with Crippen LogP contribution in [0.2, 0.25) is 0 Å². The summed E-state index contributed by atoms with van der Waals surface area (Å²) < 4.78 is 18.1. The van der Waals surface area contributed by atoms with Gasteiger partial charge in [0.05, 0.1) is 25.2 Å². The highest BCUT2D eigenvalue weighted by Crippen LogP contribution is 2.56. The fourth-order valence-corrected chi connectivity index (χ4v) is 7.48. The summed E-state index contributed by atoms with van der Waals surface area (Å²) in [6, 6.07) is 14.7. The summed E-state index contributed by atoms with van der Waals surface area (Å²) in [6.07, 6.45) is 8.12. The quantitative estimate of drug-likeness (QED) is 0.251. The second-order valence-corrected chi connectivity index (χ2v) is 12.8. The normalized spacial score (nSPS) is 31.1. The first-order chi connectivity index (χ1) is 23.3. The third kappa shape index (κ3) is 6.24. The summed E-state index contributed by atoms with van der Waals surface area (Å²) >= 11 is 0. The van der Waals surface area contributed by atoms with Gasteiger partial charge in [-0.05, 0) is 62.4 Å². The van der Waals surface area contributed by atoms with Crippen molar-refractivity contribution in [2.24, 2.45) is 11.8 Å². The Morgan fingerprint density at radius 2 is 1.75 bits per heavy atom. The molecule has 4 aliphatic rings. The maximum absolute atomic E-state index is 14.9. The maximum atomic E-state index is 14.9. The number of carbonyl (C=O) groups is 4. The van der Waals surface area contributed by atoms with E-state index in [0.29, 0.717) is 42.7 Å². The van der Waals surface area contributed by atoms with E-state index in [9.17, 15) is 24.3 Å². The molecule has 3 amide bonds. The Bertz CT molecular complexity index is 1560. The second kappa shape index (κ2) is 14.3. The minimum absolute atomic E-state index is 0.0311. The van der Waals surface area contributed by atoms with E-state index in [1.54, 1.807) is 60.3 Å². The van der Waals surface area contributed by atoms with Gasteiger partial charge >= 0.3 is 5.97 Å². The molecule has 2 saturated heterocycles. The number of ether oxygens (including phenoxy) is 3. The summed E-state index contributed by atoms with van der Waals surface area (Å²) in [5.41, 5.74) is -0.0675. The number of nitrogens with one attached hydrogen (secondary N) is 1. The Balaban J connectivity index is 1.42. The van der Waals surface area contributed by atoms with Gasteiger partial charge in [0.15, 0.2) is 0 Å². The number of fused-ring (bicyclic) bond motifs is 2. The number of rotatable bonds is 8. The molecule has 6 rings (SSSR count). The molecule has 0 aromatic heterocycles. The van der Waals surface area contributed by atoms with Crippen molar-refractivity contribution in [1.29, 1.82) is 0 Å². The Hall–Kier alpha value is -4.48. The van der Waals surface area contributed by atoms with E-state index in [0.717, 1.165) is 0 Å². The largest absolute Gasteiger partial charge is 0.497 e. The van der Waals surface area contributed by atoms with E-state index in [-0.39, 0.29) is 43.8 Å². The van der Waals surface area contributed by atoms with Gasteiger partial charge in [0.1, 0.15) is 29.4 Å². The molecule has 7 atom stereocenters. The van der Waals surface area contributed by atoms with Gasteiger partial charge in [-0.25, -0.2) is 0 Å². The van der Waals surface area contributed by atoms with Gasteiger partial charge in [-0.3, -0.25) is 19.2 Å². The van der Waals surface area contributed by atoms with E-state index in [2.05, 4.69) is 5.32 Å². The van der Waals surface area contributed by atoms with E-state index in [1.807, 2.05) is 42.5 Å². The number of amides is 3. The lowest BCUT2D eigenvalue weighted by atomic mass is 9.74. The number of carbonyl (C=O) groups excluding carboxylic acids is 4. The summed E-state index contributed by atoms with van der Waals surface area (Å²) in [5.74, 6) is -2.84. The van der Waals surface area contributed by atoms with Crippen molar-refractivity contribution in [1.82, 2.24) is 10.2 Å². The number of hydrogen-bond donors (Lipinski definition) is 2. The van der Waals surface area contributed by atoms with Crippen LogP contribution in [0.5, 0.6) is 5.75 Å². The molecular formula is C37H43N3O8. The molecular weight excluding hydrogens is 614 g/mol. The van der Waals surface area contributed by atoms with Crippen molar-refractivity contribution >= 4 is 29.4 Å². The van der Waals surface area contributed by atoms with E-state index in [4.69, 9.17) is 14.2 Å². The van der Waals surface area contributed by atoms with Crippen LogP contribution in [0.3, 0.4) is 0 Å². The van der Waals surface area contributed by atoms with Crippen LogP contribution in [0.25, 0.3) is 0 Å². The first kappa shape index (κ1) is 33.4. The van der Waals surface area contributed by atoms with Crippen molar-refractivity contribution < 1.29 is 38.5 Å². The number of anilines is 1. The van der Waals surface area contributed by atoms with Crippen LogP contribution in [0.15, 0.2) is 78.9 Å². The van der Waals surface area contributed by atoms with Crippen LogP contribution < -0.4 is 15.0 Å². The highest BCUT2D eigenvalue weighted by Gasteiger charge is 2.73. The molecule has 254 valence electrons. The van der Waals surface area contributed by atoms with Crippen molar-refractivity contribution in [3.63, 3.8) is 0 Å². The lowest BCUT2D eigenvalue weighted by molar-refractivity contribution is -0.161. The molecule has 2 aromatic carbocycles. The number of hydrogen-bond acceptors (Lipinski definition) is 8. The van der Waals surface area contributed by atoms with Crippen LogP contribution in [0.4, 0.5) is 5.69 Å². The van der Waals surface area contributed by atoms with Crippen molar-refractivity contribution in [3.05, 3.63) is 84.5 Å². The summed E-state index contributed by atoms with van der Waals surface area (Å²) in [6.45, 7) is 2.27. The van der Waals surface area contributed by atoms with E-state index >= 15 is 0 Å². The number of cyclic esters (lactones) is 1. The molecule has 0 aliphatic carbocycles. The van der Waals surface area contributed by atoms with Gasteiger partial charge in [-0.2, -0.15) is 0 Å². The van der Waals surface area contributed by atoms with Crippen LogP contribution in [0, 0.1) is 11.8 Å². The number of esters is 1. The third-order valence-corrected chi connectivity index (χ3v) is 9.79. The average Bonchev–Trinajstić information content (AvgIpc) is 3.74. The van der Waals surface area contributed by atoms with Crippen molar-refractivity contribution in [2.45, 2.75) is 68.9 Å². The van der Waals surface area contributed by atoms with Crippen LogP contribution in [-0.4, -0.2) is 84.3 Å². The predicted octanol–water partition coefficient (Wildman–Crippen LogP) is 3.48. The SMILES string of the molecule is COc1ccc(N2C/C=C\CCC(=O)N[C@H](C)[C@@H](c3ccccc3)OC(=O)[C@@H]3[C@@H]4C=C[C@]5(O4)[C@H](C2=O)N(CCCCCO)C(=O)[C@@H]35)cc1. The molecule has 4 aliphatic heterocycles. The van der Waals surface area contributed by atoms with Gasteiger partial charge < -0.3 is 34.4 Å². The van der Waals surface area contributed by atoms with Crippen molar-refractivity contribution in [2.75, 3.05) is 31.7 Å². The molecule has 0 saturated carbocycles. The molecule has 2 aromatic rings. The lowest BCUT2D eigenvalue weighted by Gasteiger charge is -2.36. The summed E-state index contributed by atoms with van der Waals surface area (Å²) in [7, 11) is 1.57. The molecule has 48 heavy (non-hydrogen) atoms. The van der Waals surface area contributed by atoms with Gasteiger partial charge in [-0.1, -0.05) is 54.6 Å². The highest BCUT2D eigenvalue weighted by molar-refractivity contribution is 6.05. The van der Waals surface area contributed by atoms with Crippen LogP contribution in [-0.2, 0) is 28.7 Å². The summed E-state index contributed by atoms with van der Waals surface area (Å²) in [5, 5.41) is 12.4. The van der Waals surface area contributed by atoms with Gasteiger partial charge in [0, 0.05) is 31.8 Å². The molecule has 11 heteroatoms. The molecule has 5 bridgehead atoms. The van der Waals surface area contributed by atoms with Gasteiger partial charge in [0.2, 0.25) is 11.8 Å². The first-order valence-electron chi connectivity index (χ1n) is 16.7. The predicted molar refractivity (Wildman–Crippen MR) is 177 cm³/mol. The van der Waals surface area contributed by atoms with Crippen molar-refractivity contribution in [3.8, 4) is 5.75 Å². The zero-order chi connectivity index (χ0) is 33.8. The average molecular weight is 658 g/mol. The number of allylic oxidation sites excluding steroid dienone is 1. The summed E-state index contributed by atoms with van der Waals surface area (Å²) in [4.78, 5) is 59.7. The molecule has 2 fully saturated rings. The van der Waals surface area contributed by atoms with Gasteiger partial charge in [0.25, 0.3) is 5.91 Å². The number of nitrogens with zero attached hydrogens (tertiary/aromatic N) is 2. The van der Waals surface area contributed by atoms with E-state index < -0.39 is 47.7 Å². The fraction of sp³-hybridized carbons (Fsp3) is 0.459. The topological polar surface area (TPSA) is 135 Å². The fourth-order valence-electron chi connectivity index (χ4n) is 7.48. The molecule has 2 N–H and O–H groups in total. The number of likely N-dealkylation sites (tertiary alicyclic amines) is 1. The number of methoxy groups -OCH3 is 1. The Morgan fingerprint density at radius 3 is 2.48 bits per heavy atom. The Kier molecular flexibility index (Phi) is 9.98. The molecule has 0 radical (unpaired) electrons. The molecule has 11 nitrogen and oxygen atoms in total. The van der Waals surface area contributed by atoms with E-state index in [1.165, 1.54) is 0 Å². The molecule has 1 spiro atoms. The zero-order valence-corrected chi connectivity index (χ0v) is 27.3. The minimum atomic E-state index is -1.37. The number of aliphatic hydroxyl groups is 1. The molecule has 4 heterocycles. The number of aliphatic hydroxyl groups excluding tert-OH is 1. The third-order valence-electron chi connectivity index (χ3n) is 9.79. The maximum Gasteiger partial charge on any atom is 0.313 e. The molecule has 0 unspecified atom stereocenters. The minimum Gasteiger partial charge on any atom is -0.497 e. The number of benzene rings is 2. The lowest BCUT2D eigenvalue weighted by Crippen LogP contribution is -2.56. The smallest absolute Gasteiger partial charge is 0.313 e. The number of unbranched alkanes of at least 4 members (excludes halogenated alkanes) is 2. The van der Waals surface area contributed by atoms with Crippen LogP contribution in [0.1, 0.15) is 50.7 Å². The first-order valence-corrected chi connectivity index (χ1v) is 16.7.